The van der Waals surface area contributed by atoms with Crippen molar-refractivity contribution >= 4 is 9.84 Å². The lowest BCUT2D eigenvalue weighted by atomic mass is 9.96. The van der Waals surface area contributed by atoms with E-state index >= 15 is 0 Å². The summed E-state index contributed by atoms with van der Waals surface area (Å²) in [6.45, 7) is 8.49. The molecule has 0 spiro atoms. The largest absolute Gasteiger partial charge is 0.306 e. The number of benzene rings is 1. The van der Waals surface area contributed by atoms with E-state index in [2.05, 4.69) is 45.1 Å². The van der Waals surface area contributed by atoms with Crippen molar-refractivity contribution in [3.8, 4) is 0 Å². The van der Waals surface area contributed by atoms with Crippen molar-refractivity contribution in [3.63, 3.8) is 0 Å². The SMILES string of the molecule is Cc1cc(C)c(C(C)NC2CCCS(=O)(=O)C2)cc1C. The summed E-state index contributed by atoms with van der Waals surface area (Å²) in [5.74, 6) is 0.628. The fourth-order valence-electron chi connectivity index (χ4n) is 3.05. The maximum absolute atomic E-state index is 11.7. The number of aryl methyl sites for hydroxylation is 3. The highest BCUT2D eigenvalue weighted by atomic mass is 32.2. The van der Waals surface area contributed by atoms with Gasteiger partial charge < -0.3 is 5.32 Å². The van der Waals surface area contributed by atoms with Crippen LogP contribution in [-0.4, -0.2) is 26.0 Å². The highest BCUT2D eigenvalue weighted by Gasteiger charge is 2.26. The van der Waals surface area contributed by atoms with Crippen molar-refractivity contribution < 1.29 is 8.42 Å². The van der Waals surface area contributed by atoms with Gasteiger partial charge in [0.15, 0.2) is 9.84 Å². The molecule has 0 bridgehead atoms. The Hall–Kier alpha value is -0.870. The van der Waals surface area contributed by atoms with E-state index in [1.807, 2.05) is 0 Å². The van der Waals surface area contributed by atoms with E-state index in [-0.39, 0.29) is 17.8 Å². The summed E-state index contributed by atoms with van der Waals surface area (Å²) >= 11 is 0. The van der Waals surface area contributed by atoms with Crippen molar-refractivity contribution in [1.29, 1.82) is 0 Å². The molecular weight excluding hydrogens is 270 g/mol. The van der Waals surface area contributed by atoms with Gasteiger partial charge in [-0.1, -0.05) is 12.1 Å². The second-order valence-electron chi connectivity index (χ2n) is 6.13. The van der Waals surface area contributed by atoms with Crippen molar-refractivity contribution in [3.05, 3.63) is 34.4 Å². The van der Waals surface area contributed by atoms with Crippen molar-refractivity contribution in [2.45, 2.75) is 52.6 Å². The standard InChI is InChI=1S/C16H25NO2S/c1-11-8-13(3)16(9-12(11)2)14(4)17-15-6-5-7-20(18,19)10-15/h8-9,14-15,17H,5-7,10H2,1-4H3. The van der Waals surface area contributed by atoms with Crippen molar-refractivity contribution in [1.82, 2.24) is 5.32 Å². The van der Waals surface area contributed by atoms with Gasteiger partial charge in [0.1, 0.15) is 0 Å². The van der Waals surface area contributed by atoms with Crippen LogP contribution in [0.4, 0.5) is 0 Å². The quantitative estimate of drug-likeness (QED) is 0.932. The summed E-state index contributed by atoms with van der Waals surface area (Å²) < 4.78 is 23.4. The third-order valence-electron chi connectivity index (χ3n) is 4.30. The summed E-state index contributed by atoms with van der Waals surface area (Å²) in [4.78, 5) is 0. The van der Waals surface area contributed by atoms with Crippen molar-refractivity contribution in [2.24, 2.45) is 0 Å². The molecule has 2 rings (SSSR count). The second kappa shape index (κ2) is 5.86. The van der Waals surface area contributed by atoms with E-state index in [0.29, 0.717) is 5.75 Å². The van der Waals surface area contributed by atoms with E-state index in [9.17, 15) is 8.42 Å². The number of hydrogen-bond donors (Lipinski definition) is 1. The predicted octanol–water partition coefficient (Wildman–Crippen LogP) is 2.84. The molecule has 3 nitrogen and oxygen atoms in total. The summed E-state index contributed by atoms with van der Waals surface area (Å²) in [5, 5.41) is 3.50. The fourth-order valence-corrected chi connectivity index (χ4v) is 4.70. The molecule has 2 atom stereocenters. The minimum atomic E-state index is -2.85. The van der Waals surface area contributed by atoms with Gasteiger partial charge in [0.25, 0.3) is 0 Å². The van der Waals surface area contributed by atoms with E-state index < -0.39 is 9.84 Å². The second-order valence-corrected chi connectivity index (χ2v) is 8.36. The van der Waals surface area contributed by atoms with Crippen LogP contribution < -0.4 is 5.32 Å². The Labute approximate surface area is 122 Å². The molecule has 2 unspecified atom stereocenters. The maximum Gasteiger partial charge on any atom is 0.151 e. The van der Waals surface area contributed by atoms with E-state index in [0.717, 1.165) is 12.8 Å². The Morgan fingerprint density at radius 3 is 2.45 bits per heavy atom. The Kier molecular flexibility index (Phi) is 4.55. The first-order chi connectivity index (χ1) is 9.28. The number of rotatable bonds is 3. The predicted molar refractivity (Wildman–Crippen MR) is 83.9 cm³/mol. The zero-order valence-corrected chi connectivity index (χ0v) is 13.7. The minimum absolute atomic E-state index is 0.0877. The molecule has 1 N–H and O–H groups in total. The third kappa shape index (κ3) is 3.61. The average Bonchev–Trinajstić information content (AvgIpc) is 2.32. The number of nitrogens with one attached hydrogen (secondary N) is 1. The first-order valence-electron chi connectivity index (χ1n) is 7.33. The number of hydrogen-bond acceptors (Lipinski definition) is 3. The van der Waals surface area contributed by atoms with Gasteiger partial charge in [-0.2, -0.15) is 0 Å². The molecule has 1 aliphatic heterocycles. The van der Waals surface area contributed by atoms with E-state index in [1.54, 1.807) is 0 Å². The number of sulfone groups is 1. The molecule has 1 aromatic carbocycles. The van der Waals surface area contributed by atoms with Crippen molar-refractivity contribution in [2.75, 3.05) is 11.5 Å². The lowest BCUT2D eigenvalue weighted by Gasteiger charge is -2.28. The Morgan fingerprint density at radius 2 is 1.80 bits per heavy atom. The van der Waals surface area contributed by atoms with Crippen LogP contribution in [0.3, 0.4) is 0 Å². The zero-order chi connectivity index (χ0) is 14.9. The van der Waals surface area contributed by atoms with Gasteiger partial charge >= 0.3 is 0 Å². The monoisotopic (exact) mass is 295 g/mol. The molecule has 112 valence electrons. The molecule has 0 aliphatic carbocycles. The van der Waals surface area contributed by atoms with Crippen LogP contribution in [0.5, 0.6) is 0 Å². The molecule has 0 aromatic heterocycles. The summed E-state index contributed by atoms with van der Waals surface area (Å²) in [7, 11) is -2.85. The van der Waals surface area contributed by atoms with Gasteiger partial charge in [-0.15, -0.1) is 0 Å². The Morgan fingerprint density at radius 1 is 1.15 bits per heavy atom. The molecule has 20 heavy (non-hydrogen) atoms. The van der Waals surface area contributed by atoms with Crippen LogP contribution in [0.1, 0.15) is 48.1 Å². The first-order valence-corrected chi connectivity index (χ1v) is 9.15. The van der Waals surface area contributed by atoms with Crippen LogP contribution in [0, 0.1) is 20.8 Å². The molecule has 1 aliphatic rings. The Bertz CT molecular complexity index is 593. The van der Waals surface area contributed by atoms with Crippen LogP contribution in [0.25, 0.3) is 0 Å². The molecule has 1 fully saturated rings. The van der Waals surface area contributed by atoms with E-state index in [1.165, 1.54) is 22.3 Å². The molecule has 0 radical (unpaired) electrons. The smallest absolute Gasteiger partial charge is 0.151 e. The fraction of sp³-hybridized carbons (Fsp3) is 0.625. The lowest BCUT2D eigenvalue weighted by Crippen LogP contribution is -2.41. The lowest BCUT2D eigenvalue weighted by molar-refractivity contribution is 0.436. The van der Waals surface area contributed by atoms with Gasteiger partial charge in [0.2, 0.25) is 0 Å². The molecule has 0 saturated carbocycles. The highest BCUT2D eigenvalue weighted by Crippen LogP contribution is 2.23. The summed E-state index contributed by atoms with van der Waals surface area (Å²) in [6.07, 6.45) is 1.73. The third-order valence-corrected chi connectivity index (χ3v) is 6.12. The molecule has 1 heterocycles. The van der Waals surface area contributed by atoms with Crippen LogP contribution >= 0.6 is 0 Å². The molecule has 4 heteroatoms. The minimum Gasteiger partial charge on any atom is -0.306 e. The van der Waals surface area contributed by atoms with Gasteiger partial charge in [-0.3, -0.25) is 0 Å². The van der Waals surface area contributed by atoms with Gasteiger partial charge in [-0.25, -0.2) is 8.42 Å². The van der Waals surface area contributed by atoms with E-state index in [4.69, 9.17) is 0 Å². The average molecular weight is 295 g/mol. The summed E-state index contributed by atoms with van der Waals surface area (Å²) in [5.41, 5.74) is 5.14. The maximum atomic E-state index is 11.7. The molecule has 0 amide bonds. The Balaban J connectivity index is 2.12. The van der Waals surface area contributed by atoms with Crippen LogP contribution in [0.15, 0.2) is 12.1 Å². The van der Waals surface area contributed by atoms with Crippen LogP contribution in [0.2, 0.25) is 0 Å². The normalized spacial score (nSPS) is 23.5. The summed E-state index contributed by atoms with van der Waals surface area (Å²) in [6, 6.07) is 4.71. The topological polar surface area (TPSA) is 46.2 Å². The molecule has 1 aromatic rings. The zero-order valence-electron chi connectivity index (χ0n) is 12.9. The molecule has 1 saturated heterocycles. The van der Waals surface area contributed by atoms with Gasteiger partial charge in [-0.05, 0) is 62.8 Å². The van der Waals surface area contributed by atoms with Gasteiger partial charge in [0, 0.05) is 12.1 Å². The molecular formula is C16H25NO2S. The highest BCUT2D eigenvalue weighted by molar-refractivity contribution is 7.91. The van der Waals surface area contributed by atoms with Crippen LogP contribution in [-0.2, 0) is 9.84 Å². The first kappa shape index (κ1) is 15.5. The van der Waals surface area contributed by atoms with Gasteiger partial charge in [0.05, 0.1) is 11.5 Å².